The molecule has 0 aromatic heterocycles. The summed E-state index contributed by atoms with van der Waals surface area (Å²) in [6, 6.07) is -1.34. The Morgan fingerprint density at radius 2 is 1.43 bits per heavy atom. The summed E-state index contributed by atoms with van der Waals surface area (Å²) in [5.41, 5.74) is 0. The molecule has 0 spiro atoms. The predicted molar refractivity (Wildman–Crippen MR) is 90.1 cm³/mol. The normalized spacial score (nSPS) is 15.6. The Morgan fingerprint density at radius 1 is 1.00 bits per heavy atom. The molecule has 2 amide bonds. The van der Waals surface area contributed by atoms with E-state index in [2.05, 4.69) is 0 Å². The van der Waals surface area contributed by atoms with Gasteiger partial charge in [-0.3, -0.25) is 14.5 Å². The van der Waals surface area contributed by atoms with Crippen LogP contribution in [0, 0.1) is 0 Å². The highest BCUT2D eigenvalue weighted by molar-refractivity contribution is 7.99. The van der Waals surface area contributed by atoms with Gasteiger partial charge in [-0.15, -0.1) is 11.8 Å². The Kier molecular flexibility index (Phi) is 5.98. The van der Waals surface area contributed by atoms with Crippen LogP contribution in [-0.2, 0) is 14.4 Å². The van der Waals surface area contributed by atoms with Crippen molar-refractivity contribution in [2.75, 3.05) is 5.75 Å². The van der Waals surface area contributed by atoms with Crippen LogP contribution in [0.5, 0.6) is 0 Å². The predicted octanol–water partition coefficient (Wildman–Crippen LogP) is 4.26. The van der Waals surface area contributed by atoms with E-state index >= 15 is 0 Å². The van der Waals surface area contributed by atoms with Crippen molar-refractivity contribution >= 4 is 87.6 Å². The molecule has 124 valence electrons. The molecular formula is C12H6Cl5NO4S. The zero-order valence-electron chi connectivity index (χ0n) is 10.9. The van der Waals surface area contributed by atoms with Crippen LogP contribution < -0.4 is 0 Å². The van der Waals surface area contributed by atoms with E-state index in [9.17, 15) is 19.5 Å². The van der Waals surface area contributed by atoms with Gasteiger partial charge in [0.05, 0.1) is 25.1 Å². The van der Waals surface area contributed by atoms with Crippen molar-refractivity contribution in [3.63, 3.8) is 0 Å². The van der Waals surface area contributed by atoms with Gasteiger partial charge in [-0.2, -0.15) is 0 Å². The molecule has 1 atom stereocenters. The van der Waals surface area contributed by atoms with Gasteiger partial charge in [0.1, 0.15) is 12.5 Å². The Hall–Kier alpha value is -0.370. The Balaban J connectivity index is 2.27. The van der Waals surface area contributed by atoms with E-state index in [1.807, 2.05) is 0 Å². The van der Waals surface area contributed by atoms with Gasteiger partial charge >= 0.3 is 5.97 Å². The molecule has 1 aliphatic rings. The number of aliphatic carboxylic acids is 1. The molecule has 11 heteroatoms. The molecular weight excluding hydrogens is 431 g/mol. The van der Waals surface area contributed by atoms with Crippen molar-refractivity contribution in [2.45, 2.75) is 17.4 Å². The SMILES string of the molecule is O=C(O)C(CSc1c(Cl)c(Cl)c(Cl)c(Cl)c1Cl)N1C(=O)CC1=O. The smallest absolute Gasteiger partial charge is 0.327 e. The monoisotopic (exact) mass is 435 g/mol. The number of halogens is 5. The number of carboxylic acids is 1. The number of benzene rings is 1. The van der Waals surface area contributed by atoms with E-state index in [-0.39, 0.29) is 42.2 Å². The summed E-state index contributed by atoms with van der Waals surface area (Å²) >= 11 is 30.7. The summed E-state index contributed by atoms with van der Waals surface area (Å²) in [5, 5.41) is 9.19. The molecule has 23 heavy (non-hydrogen) atoms. The molecule has 1 aromatic rings. The van der Waals surface area contributed by atoms with Crippen molar-refractivity contribution in [1.29, 1.82) is 0 Å². The zero-order chi connectivity index (χ0) is 17.5. The second-order valence-electron chi connectivity index (χ2n) is 4.40. The third-order valence-electron chi connectivity index (χ3n) is 2.99. The highest BCUT2D eigenvalue weighted by Crippen LogP contribution is 2.48. The fourth-order valence-electron chi connectivity index (χ4n) is 1.83. The van der Waals surface area contributed by atoms with Crippen LogP contribution in [-0.4, -0.2) is 39.6 Å². The number of carboxylic acid groups (broad SMARTS) is 1. The topological polar surface area (TPSA) is 74.7 Å². The van der Waals surface area contributed by atoms with E-state index in [4.69, 9.17) is 58.0 Å². The minimum atomic E-state index is -1.34. The van der Waals surface area contributed by atoms with Gasteiger partial charge in [0, 0.05) is 10.6 Å². The van der Waals surface area contributed by atoms with E-state index in [1.54, 1.807) is 0 Å². The van der Waals surface area contributed by atoms with Gasteiger partial charge in [-0.05, 0) is 0 Å². The third kappa shape index (κ3) is 3.52. The standard InChI is InChI=1S/C12H6Cl5NO4S/c13-6-7(14)9(16)11(10(17)8(6)15)23-2-3(12(21)22)18-4(19)1-5(18)20/h3H,1-2H2,(H,21,22). The first-order valence-electron chi connectivity index (χ1n) is 5.88. The number of carbonyl (C=O) groups is 3. The van der Waals surface area contributed by atoms with Gasteiger partial charge in [-0.1, -0.05) is 58.0 Å². The summed E-state index contributed by atoms with van der Waals surface area (Å²) in [5.74, 6) is -2.59. The van der Waals surface area contributed by atoms with Gasteiger partial charge in [0.2, 0.25) is 11.8 Å². The van der Waals surface area contributed by atoms with Crippen LogP contribution in [0.3, 0.4) is 0 Å². The first kappa shape index (κ1) is 19.0. The maximum absolute atomic E-state index is 11.4. The molecule has 0 radical (unpaired) electrons. The van der Waals surface area contributed by atoms with Gasteiger partial charge in [0.25, 0.3) is 0 Å². The number of imide groups is 1. The largest absolute Gasteiger partial charge is 0.480 e. The molecule has 1 saturated heterocycles. The fraction of sp³-hybridized carbons (Fsp3) is 0.250. The van der Waals surface area contributed by atoms with E-state index in [0.29, 0.717) is 4.90 Å². The maximum atomic E-state index is 11.4. The van der Waals surface area contributed by atoms with Gasteiger partial charge < -0.3 is 5.11 Å². The molecule has 1 N–H and O–H groups in total. The van der Waals surface area contributed by atoms with Crippen LogP contribution in [0.2, 0.25) is 25.1 Å². The number of amides is 2. The Bertz CT molecular complexity index is 683. The van der Waals surface area contributed by atoms with Crippen LogP contribution >= 0.6 is 69.8 Å². The Labute approximate surface area is 159 Å². The Morgan fingerprint density at radius 3 is 1.83 bits per heavy atom. The lowest BCUT2D eigenvalue weighted by molar-refractivity contribution is -0.166. The fourth-order valence-corrected chi connectivity index (χ4v) is 4.48. The number of β-lactam (4-membered cyclic amide) rings is 2. The number of thioether (sulfide) groups is 1. The highest BCUT2D eigenvalue weighted by Gasteiger charge is 2.43. The third-order valence-corrected chi connectivity index (χ3v) is 6.67. The number of likely N-dealkylation sites (tertiary alicyclic amines) is 1. The van der Waals surface area contributed by atoms with Crippen LogP contribution in [0.15, 0.2) is 4.90 Å². The first-order valence-corrected chi connectivity index (χ1v) is 8.76. The minimum absolute atomic E-state index is 0.0152. The van der Waals surface area contributed by atoms with Crippen molar-refractivity contribution < 1.29 is 19.5 Å². The minimum Gasteiger partial charge on any atom is -0.480 e. The molecule has 1 aromatic carbocycles. The average Bonchev–Trinajstić information content (AvgIpc) is 2.49. The lowest BCUT2D eigenvalue weighted by Crippen LogP contribution is -2.58. The van der Waals surface area contributed by atoms with Crippen molar-refractivity contribution in [3.8, 4) is 0 Å². The molecule has 1 fully saturated rings. The van der Waals surface area contributed by atoms with Gasteiger partial charge in [0.15, 0.2) is 0 Å². The molecule has 1 unspecified atom stereocenters. The lowest BCUT2D eigenvalue weighted by Gasteiger charge is -2.33. The summed E-state index contributed by atoms with van der Waals surface area (Å²) in [6.07, 6.45) is -0.297. The number of hydrogen-bond acceptors (Lipinski definition) is 4. The average molecular weight is 438 g/mol. The molecule has 0 saturated carbocycles. The second kappa shape index (κ2) is 7.25. The van der Waals surface area contributed by atoms with Crippen molar-refractivity contribution in [2.24, 2.45) is 0 Å². The quantitative estimate of drug-likeness (QED) is 0.245. The molecule has 0 bridgehead atoms. The first-order chi connectivity index (χ1) is 10.7. The van der Waals surface area contributed by atoms with E-state index in [0.717, 1.165) is 11.8 Å². The number of nitrogens with zero attached hydrogens (tertiary/aromatic N) is 1. The molecule has 5 nitrogen and oxygen atoms in total. The number of hydrogen-bond donors (Lipinski definition) is 1. The lowest BCUT2D eigenvalue weighted by atomic mass is 10.1. The van der Waals surface area contributed by atoms with Crippen molar-refractivity contribution in [1.82, 2.24) is 4.90 Å². The second-order valence-corrected chi connectivity index (χ2v) is 7.32. The highest BCUT2D eigenvalue weighted by atomic mass is 35.5. The maximum Gasteiger partial charge on any atom is 0.327 e. The van der Waals surface area contributed by atoms with Gasteiger partial charge in [-0.25, -0.2) is 4.79 Å². The number of rotatable bonds is 5. The molecule has 0 aliphatic carbocycles. The zero-order valence-corrected chi connectivity index (χ0v) is 15.5. The summed E-state index contributed by atoms with van der Waals surface area (Å²) in [6.45, 7) is 0. The molecule has 2 rings (SSSR count). The van der Waals surface area contributed by atoms with Crippen LogP contribution in [0.4, 0.5) is 0 Å². The van der Waals surface area contributed by atoms with E-state index < -0.39 is 23.8 Å². The summed E-state index contributed by atoms with van der Waals surface area (Å²) in [7, 11) is 0. The van der Waals surface area contributed by atoms with Crippen LogP contribution in [0.25, 0.3) is 0 Å². The number of carbonyl (C=O) groups excluding carboxylic acids is 2. The van der Waals surface area contributed by atoms with Crippen LogP contribution in [0.1, 0.15) is 6.42 Å². The van der Waals surface area contributed by atoms with Crippen molar-refractivity contribution in [3.05, 3.63) is 25.1 Å². The van der Waals surface area contributed by atoms with E-state index in [1.165, 1.54) is 0 Å². The molecule has 1 aliphatic heterocycles. The summed E-state index contributed by atoms with van der Waals surface area (Å²) < 4.78 is 0. The summed E-state index contributed by atoms with van der Waals surface area (Å²) in [4.78, 5) is 35.0. The molecule has 1 heterocycles.